The van der Waals surface area contributed by atoms with Crippen LogP contribution in [0.2, 0.25) is 0 Å². The van der Waals surface area contributed by atoms with Crippen LogP contribution in [0.15, 0.2) is 152 Å². The summed E-state index contributed by atoms with van der Waals surface area (Å²) < 4.78 is 0. The molecule has 6 aromatic carbocycles. The summed E-state index contributed by atoms with van der Waals surface area (Å²) in [5.74, 6) is 2.72. The molecule has 4 heteroatoms. The molecule has 9 rings (SSSR count). The Labute approximate surface area is 308 Å². The maximum atomic E-state index is 5.56. The van der Waals surface area contributed by atoms with E-state index in [4.69, 9.17) is 9.97 Å². The van der Waals surface area contributed by atoms with Gasteiger partial charge in [0.15, 0.2) is 0 Å². The number of nitrogens with zero attached hydrogens (tertiary/aromatic N) is 3. The Kier molecular flexibility index (Phi) is 8.05. The van der Waals surface area contributed by atoms with Crippen LogP contribution < -0.4 is 4.90 Å². The first-order chi connectivity index (χ1) is 25.4. The number of hydrogen-bond acceptors (Lipinski definition) is 3. The Morgan fingerprint density at radius 1 is 0.538 bits per heavy atom. The smallest absolute Gasteiger partial charge is 0.140 e. The van der Waals surface area contributed by atoms with Crippen LogP contribution >= 0.6 is 10.5 Å². The molecule has 0 spiro atoms. The number of aromatic nitrogens is 2. The molecule has 52 heavy (non-hydrogen) atoms. The Bertz CT molecular complexity index is 2670. The molecule has 0 amide bonds. The highest BCUT2D eigenvalue weighted by Gasteiger charge is 2.26. The SMILES string of the molecule is CC1=S(C)Cc2c(-c3cccc(N(c4cc5ccccc5c(-c5ccccc5)n4)c4c(C)cc(-c5ccccc5)cc4C)n3)cc3ccccc3c21. The lowest BCUT2D eigenvalue weighted by molar-refractivity contribution is 1.11. The molecule has 1 aliphatic heterocycles. The van der Waals surface area contributed by atoms with Crippen molar-refractivity contribution in [2.75, 3.05) is 11.2 Å². The van der Waals surface area contributed by atoms with Gasteiger partial charge in [-0.15, -0.1) is 0 Å². The highest BCUT2D eigenvalue weighted by molar-refractivity contribution is 8.15. The Balaban J connectivity index is 1.29. The second kappa shape index (κ2) is 13.0. The number of benzene rings is 6. The molecular formula is C48H39N3S. The largest absolute Gasteiger partial charge is 0.278 e. The summed E-state index contributed by atoms with van der Waals surface area (Å²) in [7, 11) is 0.182. The van der Waals surface area contributed by atoms with Crippen LogP contribution in [0.1, 0.15) is 29.2 Å². The van der Waals surface area contributed by atoms with Crippen molar-refractivity contribution >= 4 is 54.2 Å². The monoisotopic (exact) mass is 689 g/mol. The van der Waals surface area contributed by atoms with Crippen LogP contribution in [0.3, 0.4) is 0 Å². The van der Waals surface area contributed by atoms with Gasteiger partial charge in [-0.05, 0) is 118 Å². The third-order valence-electron chi connectivity index (χ3n) is 10.5. The van der Waals surface area contributed by atoms with Gasteiger partial charge in [0.1, 0.15) is 11.6 Å². The summed E-state index contributed by atoms with van der Waals surface area (Å²) in [5.41, 5.74) is 12.9. The van der Waals surface area contributed by atoms with Crippen molar-refractivity contribution in [3.05, 3.63) is 174 Å². The van der Waals surface area contributed by atoms with Crippen molar-refractivity contribution in [1.82, 2.24) is 9.97 Å². The highest BCUT2D eigenvalue weighted by atomic mass is 32.2. The van der Waals surface area contributed by atoms with Gasteiger partial charge in [0.2, 0.25) is 0 Å². The van der Waals surface area contributed by atoms with Crippen LogP contribution in [-0.4, -0.2) is 21.1 Å². The van der Waals surface area contributed by atoms with Gasteiger partial charge >= 0.3 is 0 Å². The molecule has 0 fully saturated rings. The zero-order valence-corrected chi connectivity index (χ0v) is 30.7. The lowest BCUT2D eigenvalue weighted by Gasteiger charge is -2.28. The van der Waals surface area contributed by atoms with Gasteiger partial charge in [0, 0.05) is 22.3 Å². The summed E-state index contributed by atoms with van der Waals surface area (Å²) in [6.07, 6.45) is 2.37. The molecule has 1 aliphatic rings. The molecule has 0 aliphatic carbocycles. The van der Waals surface area contributed by atoms with E-state index in [1.54, 1.807) is 0 Å². The van der Waals surface area contributed by atoms with Crippen LogP contribution in [0.4, 0.5) is 17.3 Å². The Hall–Kier alpha value is -5.84. The van der Waals surface area contributed by atoms with Crippen molar-refractivity contribution in [2.45, 2.75) is 26.5 Å². The number of hydrogen-bond donors (Lipinski definition) is 0. The first-order valence-corrected chi connectivity index (χ1v) is 19.7. The molecule has 252 valence electrons. The normalized spacial score (nSPS) is 13.8. The van der Waals surface area contributed by atoms with E-state index in [0.717, 1.165) is 61.9 Å². The van der Waals surface area contributed by atoms with Gasteiger partial charge in [-0.2, -0.15) is 10.5 Å². The van der Waals surface area contributed by atoms with Crippen LogP contribution in [0, 0.1) is 13.8 Å². The third kappa shape index (κ3) is 5.51. The van der Waals surface area contributed by atoms with E-state index in [1.165, 1.54) is 43.5 Å². The topological polar surface area (TPSA) is 29.0 Å². The first-order valence-electron chi connectivity index (χ1n) is 17.8. The number of pyridine rings is 2. The van der Waals surface area contributed by atoms with E-state index < -0.39 is 0 Å². The van der Waals surface area contributed by atoms with E-state index in [9.17, 15) is 0 Å². The second-order valence-electron chi connectivity index (χ2n) is 13.8. The molecule has 0 saturated carbocycles. The number of rotatable bonds is 6. The molecule has 2 aromatic heterocycles. The van der Waals surface area contributed by atoms with Gasteiger partial charge < -0.3 is 0 Å². The van der Waals surface area contributed by atoms with Crippen molar-refractivity contribution in [1.29, 1.82) is 0 Å². The lowest BCUT2D eigenvalue weighted by atomic mass is 9.92. The molecule has 0 saturated heterocycles. The van der Waals surface area contributed by atoms with E-state index >= 15 is 0 Å². The van der Waals surface area contributed by atoms with Gasteiger partial charge in [0.05, 0.1) is 17.1 Å². The molecule has 0 bridgehead atoms. The molecule has 3 nitrogen and oxygen atoms in total. The molecule has 3 heterocycles. The summed E-state index contributed by atoms with van der Waals surface area (Å²) in [5, 5.41) is 4.86. The molecule has 8 aromatic rings. The predicted octanol–water partition coefficient (Wildman–Crippen LogP) is 12.8. The highest BCUT2D eigenvalue weighted by Crippen LogP contribution is 2.45. The Morgan fingerprint density at radius 3 is 1.87 bits per heavy atom. The summed E-state index contributed by atoms with van der Waals surface area (Å²) in [6.45, 7) is 6.74. The minimum absolute atomic E-state index is 0.182. The van der Waals surface area contributed by atoms with Gasteiger partial charge in [-0.25, -0.2) is 9.97 Å². The van der Waals surface area contributed by atoms with E-state index in [1.807, 2.05) is 0 Å². The van der Waals surface area contributed by atoms with Crippen molar-refractivity contribution in [3.8, 4) is 33.6 Å². The van der Waals surface area contributed by atoms with Gasteiger partial charge in [-0.3, -0.25) is 4.90 Å². The van der Waals surface area contributed by atoms with E-state index in [2.05, 4.69) is 184 Å². The quantitative estimate of drug-likeness (QED) is 0.163. The maximum absolute atomic E-state index is 5.56. The fourth-order valence-electron chi connectivity index (χ4n) is 7.94. The summed E-state index contributed by atoms with van der Waals surface area (Å²) in [4.78, 5) is 14.8. The standard InChI is InChI=1S/C48H39N3S/c1-31-26-38(34-16-7-5-8-17-34)27-32(2)48(31)51(45-29-37-21-12-14-23-40(37)47(50-45)35-18-9-6-10-19-35)44-25-15-24-43(49-44)41-28-36-20-11-13-22-39(36)46-33(3)52(4)30-42(41)46/h5-29H,30H2,1-4H3. The Morgan fingerprint density at radius 2 is 1.15 bits per heavy atom. The number of aryl methyl sites for hydroxylation is 2. The van der Waals surface area contributed by atoms with E-state index in [0.29, 0.717) is 0 Å². The van der Waals surface area contributed by atoms with E-state index in [-0.39, 0.29) is 10.5 Å². The average molecular weight is 690 g/mol. The number of anilines is 3. The minimum Gasteiger partial charge on any atom is -0.278 e. The minimum atomic E-state index is 0.182. The van der Waals surface area contributed by atoms with Crippen molar-refractivity contribution < 1.29 is 0 Å². The predicted molar refractivity (Wildman–Crippen MR) is 225 cm³/mol. The summed E-state index contributed by atoms with van der Waals surface area (Å²) in [6, 6.07) is 54.1. The first kappa shape index (κ1) is 32.1. The maximum Gasteiger partial charge on any atom is 0.140 e. The van der Waals surface area contributed by atoms with Crippen LogP contribution in [0.5, 0.6) is 0 Å². The molecule has 1 unspecified atom stereocenters. The molecule has 0 radical (unpaired) electrons. The van der Waals surface area contributed by atoms with Crippen LogP contribution in [0.25, 0.3) is 55.2 Å². The third-order valence-corrected chi connectivity index (χ3v) is 12.4. The van der Waals surface area contributed by atoms with Gasteiger partial charge in [0.25, 0.3) is 0 Å². The zero-order valence-electron chi connectivity index (χ0n) is 29.9. The summed E-state index contributed by atoms with van der Waals surface area (Å²) >= 11 is 0. The molecular weight excluding hydrogens is 651 g/mol. The zero-order chi connectivity index (χ0) is 35.3. The fourth-order valence-corrected chi connectivity index (χ4v) is 9.47. The lowest BCUT2D eigenvalue weighted by Crippen LogP contribution is -2.16. The molecule has 1 atom stereocenters. The molecule has 0 N–H and O–H groups in total. The van der Waals surface area contributed by atoms with Crippen LogP contribution in [-0.2, 0) is 5.75 Å². The fraction of sp³-hybridized carbons (Fsp3) is 0.104. The van der Waals surface area contributed by atoms with Gasteiger partial charge in [-0.1, -0.05) is 115 Å². The average Bonchev–Trinajstić information content (AvgIpc) is 3.49. The van der Waals surface area contributed by atoms with Crippen molar-refractivity contribution in [2.24, 2.45) is 0 Å². The number of fused-ring (bicyclic) bond motifs is 4. The van der Waals surface area contributed by atoms with Crippen molar-refractivity contribution in [3.63, 3.8) is 0 Å². The second-order valence-corrected chi connectivity index (χ2v) is 16.0.